The Hall–Kier alpha value is -1.55. The zero-order valence-corrected chi connectivity index (χ0v) is 11.9. The maximum Gasteiger partial charge on any atom is 0.313 e. The number of anilines is 1. The second kappa shape index (κ2) is 5.21. The number of nitrogens with zero attached hydrogens (tertiary/aromatic N) is 2. The fourth-order valence-electron chi connectivity index (χ4n) is 2.28. The number of hydrogen-bond acceptors (Lipinski definition) is 3. The zero-order chi connectivity index (χ0) is 14.0. The van der Waals surface area contributed by atoms with Crippen LogP contribution in [0.4, 0.5) is 5.69 Å². The van der Waals surface area contributed by atoms with Crippen LogP contribution in [0, 0.1) is 0 Å². The van der Waals surface area contributed by atoms with Gasteiger partial charge in [0.1, 0.15) is 0 Å². The molecule has 1 aliphatic heterocycles. The minimum absolute atomic E-state index is 0.792. The van der Waals surface area contributed by atoms with E-state index in [4.69, 9.17) is 0 Å². The number of carbonyl (C=O) groups is 1. The van der Waals surface area contributed by atoms with Crippen LogP contribution >= 0.6 is 0 Å². The van der Waals surface area contributed by atoms with Gasteiger partial charge in [0.15, 0.2) is 0 Å². The third-order valence-electron chi connectivity index (χ3n) is 3.99. The minimum Gasteiger partial charge on any atom is -0.481 e. The predicted octanol–water partition coefficient (Wildman–Crippen LogP) is 1.80. The van der Waals surface area contributed by atoms with Gasteiger partial charge in [0.05, 0.1) is 5.41 Å². The average Bonchev–Trinajstić information content (AvgIpc) is 2.39. The number of carboxylic acid groups (broad SMARTS) is 1. The van der Waals surface area contributed by atoms with Gasteiger partial charge < -0.3 is 14.9 Å². The number of rotatable bonds is 3. The van der Waals surface area contributed by atoms with Crippen LogP contribution in [0.1, 0.15) is 19.4 Å². The fraction of sp³-hybridized carbons (Fsp3) is 0.533. The summed E-state index contributed by atoms with van der Waals surface area (Å²) >= 11 is 0. The molecule has 0 atom stereocenters. The largest absolute Gasteiger partial charge is 0.481 e. The van der Waals surface area contributed by atoms with Crippen LogP contribution in [0.15, 0.2) is 24.3 Å². The van der Waals surface area contributed by atoms with Gasteiger partial charge in [-0.3, -0.25) is 4.79 Å². The highest BCUT2D eigenvalue weighted by Crippen LogP contribution is 2.26. The number of benzene rings is 1. The number of hydrogen-bond donors (Lipinski definition) is 1. The Morgan fingerprint density at radius 3 is 2.11 bits per heavy atom. The number of carboxylic acids is 1. The van der Waals surface area contributed by atoms with Gasteiger partial charge >= 0.3 is 5.97 Å². The molecule has 1 aromatic rings. The minimum atomic E-state index is -0.833. The van der Waals surface area contributed by atoms with Gasteiger partial charge in [-0.05, 0) is 38.6 Å². The topological polar surface area (TPSA) is 43.8 Å². The van der Waals surface area contributed by atoms with E-state index < -0.39 is 11.4 Å². The van der Waals surface area contributed by atoms with E-state index in [1.54, 1.807) is 13.8 Å². The molecule has 1 aliphatic rings. The van der Waals surface area contributed by atoms with E-state index in [1.807, 2.05) is 24.3 Å². The highest BCUT2D eigenvalue weighted by molar-refractivity contribution is 5.80. The molecule has 0 aromatic heterocycles. The van der Waals surface area contributed by atoms with Crippen LogP contribution in [-0.4, -0.2) is 49.2 Å². The summed E-state index contributed by atoms with van der Waals surface area (Å²) in [7, 11) is 2.13. The average molecular weight is 262 g/mol. The lowest BCUT2D eigenvalue weighted by atomic mass is 9.85. The molecule has 0 spiro atoms. The summed E-state index contributed by atoms with van der Waals surface area (Å²) in [5.74, 6) is -0.792. The van der Waals surface area contributed by atoms with Gasteiger partial charge in [-0.2, -0.15) is 0 Å². The van der Waals surface area contributed by atoms with Gasteiger partial charge in [-0.1, -0.05) is 12.1 Å². The van der Waals surface area contributed by atoms with Crippen molar-refractivity contribution in [3.8, 4) is 0 Å². The van der Waals surface area contributed by atoms with Crippen molar-refractivity contribution in [2.75, 3.05) is 38.1 Å². The summed E-state index contributed by atoms with van der Waals surface area (Å²) in [5, 5.41) is 9.23. The molecule has 0 radical (unpaired) electrons. The molecule has 104 valence electrons. The molecule has 0 aliphatic carbocycles. The third kappa shape index (κ3) is 2.89. The number of aliphatic carboxylic acids is 1. The van der Waals surface area contributed by atoms with Crippen molar-refractivity contribution in [3.05, 3.63) is 29.8 Å². The highest BCUT2D eigenvalue weighted by Gasteiger charge is 2.29. The fourth-order valence-corrected chi connectivity index (χ4v) is 2.28. The first kappa shape index (κ1) is 13.9. The summed E-state index contributed by atoms with van der Waals surface area (Å²) in [5.41, 5.74) is 1.19. The summed E-state index contributed by atoms with van der Waals surface area (Å²) in [4.78, 5) is 15.9. The van der Waals surface area contributed by atoms with E-state index in [-0.39, 0.29) is 0 Å². The number of likely N-dealkylation sites (N-methyl/N-ethyl adjacent to an activating group) is 1. The first-order valence-corrected chi connectivity index (χ1v) is 6.68. The maximum absolute atomic E-state index is 11.2. The first-order chi connectivity index (χ1) is 8.91. The molecular weight excluding hydrogens is 240 g/mol. The van der Waals surface area contributed by atoms with E-state index >= 15 is 0 Å². The van der Waals surface area contributed by atoms with Crippen molar-refractivity contribution >= 4 is 11.7 Å². The van der Waals surface area contributed by atoms with E-state index in [2.05, 4.69) is 16.8 Å². The highest BCUT2D eigenvalue weighted by atomic mass is 16.4. The molecule has 1 saturated heterocycles. The number of piperazine rings is 1. The van der Waals surface area contributed by atoms with E-state index in [0.717, 1.165) is 31.7 Å². The molecule has 4 heteroatoms. The van der Waals surface area contributed by atoms with E-state index in [9.17, 15) is 9.90 Å². The summed E-state index contributed by atoms with van der Waals surface area (Å²) in [6, 6.07) is 7.93. The van der Waals surface area contributed by atoms with Crippen LogP contribution in [0.3, 0.4) is 0 Å². The normalized spacial score (nSPS) is 17.5. The summed E-state index contributed by atoms with van der Waals surface area (Å²) in [6.07, 6.45) is 0. The Morgan fingerprint density at radius 1 is 1.11 bits per heavy atom. The Morgan fingerprint density at radius 2 is 1.63 bits per heavy atom. The molecule has 2 rings (SSSR count). The molecule has 1 N–H and O–H groups in total. The SMILES string of the molecule is CN1CCN(c2ccc(C(C)(C)C(=O)O)cc2)CC1. The molecule has 19 heavy (non-hydrogen) atoms. The Labute approximate surface area is 114 Å². The predicted molar refractivity (Wildman–Crippen MR) is 76.8 cm³/mol. The van der Waals surface area contributed by atoms with Crippen molar-refractivity contribution in [1.29, 1.82) is 0 Å². The van der Waals surface area contributed by atoms with Crippen LogP contribution < -0.4 is 4.90 Å². The van der Waals surface area contributed by atoms with Crippen molar-refractivity contribution in [2.24, 2.45) is 0 Å². The Balaban J connectivity index is 2.13. The molecule has 1 aromatic carbocycles. The van der Waals surface area contributed by atoms with E-state index in [1.165, 1.54) is 5.69 Å². The van der Waals surface area contributed by atoms with Crippen LogP contribution in [0.5, 0.6) is 0 Å². The zero-order valence-electron chi connectivity index (χ0n) is 11.9. The second-order valence-electron chi connectivity index (χ2n) is 5.77. The van der Waals surface area contributed by atoms with Crippen molar-refractivity contribution in [3.63, 3.8) is 0 Å². The second-order valence-corrected chi connectivity index (χ2v) is 5.77. The molecular formula is C15H22N2O2. The molecule has 0 amide bonds. The Bertz CT molecular complexity index is 446. The summed E-state index contributed by atoms with van der Waals surface area (Å²) in [6.45, 7) is 7.67. The quantitative estimate of drug-likeness (QED) is 0.902. The van der Waals surface area contributed by atoms with Crippen LogP contribution in [0.25, 0.3) is 0 Å². The molecule has 0 unspecified atom stereocenters. The first-order valence-electron chi connectivity index (χ1n) is 6.68. The van der Waals surface area contributed by atoms with Crippen molar-refractivity contribution in [2.45, 2.75) is 19.3 Å². The lowest BCUT2D eigenvalue weighted by Crippen LogP contribution is -2.44. The molecule has 1 fully saturated rings. The smallest absolute Gasteiger partial charge is 0.313 e. The monoisotopic (exact) mass is 262 g/mol. The summed E-state index contributed by atoms with van der Waals surface area (Å²) < 4.78 is 0. The van der Waals surface area contributed by atoms with E-state index in [0.29, 0.717) is 0 Å². The van der Waals surface area contributed by atoms with Crippen LogP contribution in [-0.2, 0) is 10.2 Å². The van der Waals surface area contributed by atoms with Gasteiger partial charge in [-0.25, -0.2) is 0 Å². The van der Waals surface area contributed by atoms with Gasteiger partial charge in [-0.15, -0.1) is 0 Å². The van der Waals surface area contributed by atoms with Crippen molar-refractivity contribution < 1.29 is 9.90 Å². The lowest BCUT2D eigenvalue weighted by molar-refractivity contribution is -0.142. The van der Waals surface area contributed by atoms with Crippen molar-refractivity contribution in [1.82, 2.24) is 4.90 Å². The molecule has 0 bridgehead atoms. The van der Waals surface area contributed by atoms with Gasteiger partial charge in [0.2, 0.25) is 0 Å². The molecule has 1 heterocycles. The third-order valence-corrected chi connectivity index (χ3v) is 3.99. The maximum atomic E-state index is 11.2. The molecule has 4 nitrogen and oxygen atoms in total. The van der Waals surface area contributed by atoms with Gasteiger partial charge in [0.25, 0.3) is 0 Å². The van der Waals surface area contributed by atoms with Gasteiger partial charge in [0, 0.05) is 31.9 Å². The lowest BCUT2D eigenvalue weighted by Gasteiger charge is -2.34. The molecule has 0 saturated carbocycles. The van der Waals surface area contributed by atoms with Crippen LogP contribution in [0.2, 0.25) is 0 Å². The Kier molecular flexibility index (Phi) is 3.80. The standard InChI is InChI=1S/C15H22N2O2/c1-15(2,14(18)19)12-4-6-13(7-5-12)17-10-8-16(3)9-11-17/h4-7H,8-11H2,1-3H3,(H,18,19).